The number of rotatable bonds is 6. The summed E-state index contributed by atoms with van der Waals surface area (Å²) in [5.74, 6) is -0.0584. The largest absolute Gasteiger partial charge is 0.484 e. The summed E-state index contributed by atoms with van der Waals surface area (Å²) in [6, 6.07) is 6.55. The molecule has 6 heteroatoms. The number of hydrogen-bond acceptors (Lipinski definition) is 4. The van der Waals surface area contributed by atoms with Gasteiger partial charge in [-0.3, -0.25) is 14.4 Å². The summed E-state index contributed by atoms with van der Waals surface area (Å²) in [6.07, 6.45) is 0. The van der Waals surface area contributed by atoms with E-state index < -0.39 is 0 Å². The van der Waals surface area contributed by atoms with Gasteiger partial charge in [0, 0.05) is 18.2 Å². The number of carbonyl (C=O) groups is 3. The van der Waals surface area contributed by atoms with Crippen LogP contribution in [0.3, 0.4) is 0 Å². The van der Waals surface area contributed by atoms with Gasteiger partial charge in [-0.15, -0.1) is 0 Å². The predicted molar refractivity (Wildman–Crippen MR) is 87.5 cm³/mol. The van der Waals surface area contributed by atoms with Gasteiger partial charge < -0.3 is 15.0 Å². The molecule has 0 aliphatic rings. The van der Waals surface area contributed by atoms with E-state index in [1.165, 1.54) is 11.8 Å². The highest BCUT2D eigenvalue weighted by Gasteiger charge is 2.18. The molecule has 0 radical (unpaired) electrons. The van der Waals surface area contributed by atoms with E-state index in [4.69, 9.17) is 4.74 Å². The summed E-state index contributed by atoms with van der Waals surface area (Å²) in [6.45, 7) is 6.92. The number of ketones is 1. The van der Waals surface area contributed by atoms with E-state index in [2.05, 4.69) is 5.32 Å². The Balaban J connectivity index is 2.46. The Morgan fingerprint density at radius 2 is 1.70 bits per heavy atom. The van der Waals surface area contributed by atoms with Crippen LogP contribution in [-0.2, 0) is 9.59 Å². The van der Waals surface area contributed by atoms with Crippen LogP contribution in [0, 0.1) is 0 Å². The van der Waals surface area contributed by atoms with Crippen molar-refractivity contribution in [2.24, 2.45) is 0 Å². The number of carbonyl (C=O) groups excluding carboxylic acids is 3. The van der Waals surface area contributed by atoms with Crippen LogP contribution in [0.25, 0.3) is 0 Å². The highest BCUT2D eigenvalue weighted by atomic mass is 16.5. The van der Waals surface area contributed by atoms with Crippen molar-refractivity contribution in [3.63, 3.8) is 0 Å². The molecule has 0 unspecified atom stereocenters. The first-order chi connectivity index (χ1) is 10.6. The molecule has 6 nitrogen and oxygen atoms in total. The average molecular weight is 320 g/mol. The Morgan fingerprint density at radius 3 is 2.17 bits per heavy atom. The molecule has 1 aromatic carbocycles. The first kappa shape index (κ1) is 18.7. The molecule has 23 heavy (non-hydrogen) atoms. The third-order valence-electron chi connectivity index (χ3n) is 2.94. The van der Waals surface area contributed by atoms with E-state index in [0.717, 1.165) is 0 Å². The zero-order chi connectivity index (χ0) is 17.6. The fourth-order valence-electron chi connectivity index (χ4n) is 1.80. The van der Waals surface area contributed by atoms with Gasteiger partial charge in [0.15, 0.2) is 12.4 Å². The monoisotopic (exact) mass is 320 g/mol. The Kier molecular flexibility index (Phi) is 6.30. The van der Waals surface area contributed by atoms with Crippen LogP contribution in [0.5, 0.6) is 5.75 Å². The lowest BCUT2D eigenvalue weighted by Crippen LogP contribution is -2.47. The lowest BCUT2D eigenvalue weighted by molar-refractivity contribution is -0.136. The van der Waals surface area contributed by atoms with Crippen molar-refractivity contribution in [3.8, 4) is 5.75 Å². The number of amides is 2. The second kappa shape index (κ2) is 7.76. The molecule has 1 N–H and O–H groups in total. The van der Waals surface area contributed by atoms with Crippen molar-refractivity contribution < 1.29 is 19.1 Å². The molecule has 0 heterocycles. The maximum atomic E-state index is 12.0. The number of hydrogen-bond donors (Lipinski definition) is 1. The van der Waals surface area contributed by atoms with Crippen LogP contribution < -0.4 is 10.1 Å². The Bertz CT molecular complexity index is 573. The molecular weight excluding hydrogens is 296 g/mol. The number of likely N-dealkylation sites (N-methyl/N-ethyl adjacent to an activating group) is 1. The Labute approximate surface area is 136 Å². The van der Waals surface area contributed by atoms with Crippen molar-refractivity contribution in [2.75, 3.05) is 20.2 Å². The summed E-state index contributed by atoms with van der Waals surface area (Å²) in [5.41, 5.74) is 0.246. The van der Waals surface area contributed by atoms with Crippen molar-refractivity contribution in [1.82, 2.24) is 10.2 Å². The van der Waals surface area contributed by atoms with Crippen LogP contribution in [0.4, 0.5) is 0 Å². The molecule has 1 rings (SSSR count). The SMILES string of the molecule is CC(=O)c1ccc(OCC(=O)N(C)CC(=O)NC(C)(C)C)cc1. The Hall–Kier alpha value is -2.37. The van der Waals surface area contributed by atoms with Gasteiger partial charge in [0.05, 0.1) is 6.54 Å². The molecule has 0 saturated heterocycles. The number of ether oxygens (including phenoxy) is 1. The lowest BCUT2D eigenvalue weighted by atomic mass is 10.1. The molecule has 0 bridgehead atoms. The summed E-state index contributed by atoms with van der Waals surface area (Å²) in [4.78, 5) is 36.2. The molecule has 0 atom stereocenters. The van der Waals surface area contributed by atoms with E-state index in [1.807, 2.05) is 20.8 Å². The molecule has 1 aromatic rings. The second-order valence-electron chi connectivity index (χ2n) is 6.42. The van der Waals surface area contributed by atoms with Crippen LogP contribution in [0.1, 0.15) is 38.1 Å². The fraction of sp³-hybridized carbons (Fsp3) is 0.471. The first-order valence-corrected chi connectivity index (χ1v) is 7.37. The van der Waals surface area contributed by atoms with E-state index in [0.29, 0.717) is 11.3 Å². The first-order valence-electron chi connectivity index (χ1n) is 7.37. The van der Waals surface area contributed by atoms with Crippen molar-refractivity contribution >= 4 is 17.6 Å². The van der Waals surface area contributed by atoms with E-state index in [1.54, 1.807) is 31.3 Å². The number of nitrogens with zero attached hydrogens (tertiary/aromatic N) is 1. The number of Topliss-reactive ketones (excluding diaryl/α,β-unsaturated/α-hetero) is 1. The van der Waals surface area contributed by atoms with Crippen LogP contribution in [-0.4, -0.2) is 48.2 Å². The van der Waals surface area contributed by atoms with Gasteiger partial charge in [-0.05, 0) is 52.0 Å². The van der Waals surface area contributed by atoms with Gasteiger partial charge in [0.25, 0.3) is 5.91 Å². The maximum absolute atomic E-state index is 12.0. The molecular formula is C17H24N2O4. The second-order valence-corrected chi connectivity index (χ2v) is 6.42. The molecule has 2 amide bonds. The third kappa shape index (κ3) is 6.95. The molecule has 0 saturated carbocycles. The zero-order valence-electron chi connectivity index (χ0n) is 14.3. The minimum atomic E-state index is -0.337. The number of benzene rings is 1. The van der Waals surface area contributed by atoms with Gasteiger partial charge >= 0.3 is 0 Å². The van der Waals surface area contributed by atoms with Gasteiger partial charge in [-0.1, -0.05) is 0 Å². The van der Waals surface area contributed by atoms with E-state index in [9.17, 15) is 14.4 Å². The summed E-state index contributed by atoms with van der Waals surface area (Å²) in [7, 11) is 1.55. The quantitative estimate of drug-likeness (QED) is 0.809. The predicted octanol–water partition coefficient (Wildman–Crippen LogP) is 1.64. The van der Waals surface area contributed by atoms with Crippen molar-refractivity contribution in [3.05, 3.63) is 29.8 Å². The molecule has 126 valence electrons. The van der Waals surface area contributed by atoms with Crippen molar-refractivity contribution in [1.29, 1.82) is 0 Å². The summed E-state index contributed by atoms with van der Waals surface area (Å²) < 4.78 is 5.37. The topological polar surface area (TPSA) is 75.7 Å². The highest BCUT2D eigenvalue weighted by molar-refractivity contribution is 5.94. The van der Waals surface area contributed by atoms with Gasteiger partial charge in [0.2, 0.25) is 5.91 Å². The summed E-state index contributed by atoms with van der Waals surface area (Å²) in [5, 5.41) is 2.79. The fourth-order valence-corrected chi connectivity index (χ4v) is 1.80. The Morgan fingerprint density at radius 1 is 1.13 bits per heavy atom. The highest BCUT2D eigenvalue weighted by Crippen LogP contribution is 2.12. The molecule has 0 aliphatic heterocycles. The van der Waals surface area contributed by atoms with Gasteiger partial charge in [-0.2, -0.15) is 0 Å². The zero-order valence-corrected chi connectivity index (χ0v) is 14.3. The third-order valence-corrected chi connectivity index (χ3v) is 2.94. The van der Waals surface area contributed by atoms with Crippen LogP contribution >= 0.6 is 0 Å². The van der Waals surface area contributed by atoms with Gasteiger partial charge in [-0.25, -0.2) is 0 Å². The molecule has 0 aromatic heterocycles. The number of nitrogens with one attached hydrogen (secondary N) is 1. The van der Waals surface area contributed by atoms with Crippen molar-refractivity contribution in [2.45, 2.75) is 33.2 Å². The minimum absolute atomic E-state index is 0.0251. The molecule has 0 spiro atoms. The van der Waals surface area contributed by atoms with Crippen LogP contribution in [0.2, 0.25) is 0 Å². The van der Waals surface area contributed by atoms with E-state index in [-0.39, 0.29) is 36.3 Å². The van der Waals surface area contributed by atoms with Crippen LogP contribution in [0.15, 0.2) is 24.3 Å². The molecule has 0 aliphatic carbocycles. The average Bonchev–Trinajstić information content (AvgIpc) is 2.42. The minimum Gasteiger partial charge on any atom is -0.484 e. The normalized spacial score (nSPS) is 10.8. The standard InChI is InChI=1S/C17H24N2O4/c1-12(20)13-6-8-14(9-7-13)23-11-16(22)19(5)10-15(21)18-17(2,3)4/h6-9H,10-11H2,1-5H3,(H,18,21). The lowest BCUT2D eigenvalue weighted by Gasteiger charge is -2.23. The van der Waals surface area contributed by atoms with Gasteiger partial charge in [0.1, 0.15) is 5.75 Å². The molecule has 0 fully saturated rings. The maximum Gasteiger partial charge on any atom is 0.260 e. The smallest absolute Gasteiger partial charge is 0.260 e. The summed E-state index contributed by atoms with van der Waals surface area (Å²) >= 11 is 0. The van der Waals surface area contributed by atoms with E-state index >= 15 is 0 Å².